The smallest absolute Gasteiger partial charge is 0.264 e. The summed E-state index contributed by atoms with van der Waals surface area (Å²) in [5.41, 5.74) is 4.81. The van der Waals surface area contributed by atoms with Crippen molar-refractivity contribution >= 4 is 27.3 Å². The molecule has 8 nitrogen and oxygen atoms in total. The Kier molecular flexibility index (Phi) is 8.16. The normalized spacial score (nSPS) is 13.8. The lowest BCUT2D eigenvalue weighted by Gasteiger charge is -2.38. The van der Waals surface area contributed by atoms with Crippen LogP contribution in [0.4, 0.5) is 11.4 Å². The molecule has 0 atom stereocenters. The van der Waals surface area contributed by atoms with Crippen LogP contribution in [0.15, 0.2) is 65.6 Å². The standard InChI is InChI=1S/C29H35N3O5S/c1-21-9-12-25(13-10-21)38(34,35)32(27-19-24(36-4)11-14-28(27)37-5)20-29(33)31-17-15-30(16-18-31)26-8-6-7-22(2)23(26)3/h6-14,19H,15-18,20H2,1-5H3. The monoisotopic (exact) mass is 537 g/mol. The first-order valence-electron chi connectivity index (χ1n) is 12.6. The zero-order valence-corrected chi connectivity index (χ0v) is 23.4. The zero-order chi connectivity index (χ0) is 27.4. The molecule has 9 heteroatoms. The first-order chi connectivity index (χ1) is 18.1. The summed E-state index contributed by atoms with van der Waals surface area (Å²) in [5.74, 6) is 0.514. The summed E-state index contributed by atoms with van der Waals surface area (Å²) < 4.78 is 39.7. The Hall–Kier alpha value is -3.72. The van der Waals surface area contributed by atoms with Gasteiger partial charge in [-0.1, -0.05) is 29.8 Å². The van der Waals surface area contributed by atoms with Gasteiger partial charge in [0.15, 0.2) is 0 Å². The molecule has 0 bridgehead atoms. The molecule has 0 spiro atoms. The van der Waals surface area contributed by atoms with E-state index in [0.29, 0.717) is 37.7 Å². The fourth-order valence-electron chi connectivity index (χ4n) is 4.63. The summed E-state index contributed by atoms with van der Waals surface area (Å²) in [6, 6.07) is 17.7. The number of rotatable bonds is 8. The summed E-state index contributed by atoms with van der Waals surface area (Å²) in [6.45, 7) is 8.07. The molecule has 3 aromatic rings. The highest BCUT2D eigenvalue weighted by atomic mass is 32.2. The molecule has 1 aliphatic heterocycles. The van der Waals surface area contributed by atoms with Crippen molar-refractivity contribution in [2.45, 2.75) is 25.7 Å². The number of sulfonamides is 1. The van der Waals surface area contributed by atoms with Gasteiger partial charge in [-0.15, -0.1) is 0 Å². The van der Waals surface area contributed by atoms with E-state index in [4.69, 9.17) is 9.47 Å². The van der Waals surface area contributed by atoms with E-state index in [-0.39, 0.29) is 23.0 Å². The minimum absolute atomic E-state index is 0.0977. The molecule has 0 saturated carbocycles. The average molecular weight is 538 g/mol. The lowest BCUT2D eigenvalue weighted by molar-refractivity contribution is -0.129. The predicted octanol–water partition coefficient (Wildman–Crippen LogP) is 4.17. The minimum Gasteiger partial charge on any atom is -0.497 e. The van der Waals surface area contributed by atoms with E-state index in [1.54, 1.807) is 47.4 Å². The second-order valence-electron chi connectivity index (χ2n) is 9.45. The van der Waals surface area contributed by atoms with Gasteiger partial charge in [-0.25, -0.2) is 8.42 Å². The zero-order valence-electron chi connectivity index (χ0n) is 22.6. The van der Waals surface area contributed by atoms with Crippen molar-refractivity contribution in [2.24, 2.45) is 0 Å². The Morgan fingerprint density at radius 1 is 0.895 bits per heavy atom. The van der Waals surface area contributed by atoms with Crippen LogP contribution in [0.25, 0.3) is 0 Å². The number of anilines is 2. The van der Waals surface area contributed by atoms with Crippen LogP contribution in [0.1, 0.15) is 16.7 Å². The molecular formula is C29H35N3O5S. The number of benzene rings is 3. The van der Waals surface area contributed by atoms with Gasteiger partial charge < -0.3 is 19.3 Å². The third-order valence-corrected chi connectivity index (χ3v) is 8.87. The second-order valence-corrected chi connectivity index (χ2v) is 11.3. The van der Waals surface area contributed by atoms with Gasteiger partial charge in [0, 0.05) is 37.9 Å². The molecule has 4 rings (SSSR count). The van der Waals surface area contributed by atoms with E-state index < -0.39 is 10.0 Å². The van der Waals surface area contributed by atoms with Gasteiger partial charge in [-0.2, -0.15) is 0 Å². The van der Waals surface area contributed by atoms with Crippen LogP contribution in [-0.4, -0.2) is 66.2 Å². The average Bonchev–Trinajstić information content (AvgIpc) is 2.93. The van der Waals surface area contributed by atoms with E-state index in [2.05, 4.69) is 30.9 Å². The molecule has 38 heavy (non-hydrogen) atoms. The van der Waals surface area contributed by atoms with Crippen LogP contribution in [-0.2, 0) is 14.8 Å². The third kappa shape index (κ3) is 5.57. The predicted molar refractivity (Wildman–Crippen MR) is 150 cm³/mol. The van der Waals surface area contributed by atoms with Gasteiger partial charge in [-0.3, -0.25) is 9.10 Å². The highest BCUT2D eigenvalue weighted by molar-refractivity contribution is 7.92. The van der Waals surface area contributed by atoms with Crippen molar-refractivity contribution in [3.05, 3.63) is 77.4 Å². The van der Waals surface area contributed by atoms with Crippen LogP contribution >= 0.6 is 0 Å². The number of nitrogens with zero attached hydrogens (tertiary/aromatic N) is 3. The first-order valence-corrected chi connectivity index (χ1v) is 14.0. The number of ether oxygens (including phenoxy) is 2. The van der Waals surface area contributed by atoms with Gasteiger partial charge in [0.2, 0.25) is 5.91 Å². The summed E-state index contributed by atoms with van der Waals surface area (Å²) in [4.78, 5) is 17.7. The number of carbonyl (C=O) groups is 1. The Morgan fingerprint density at radius 2 is 1.58 bits per heavy atom. The molecule has 1 aliphatic rings. The number of piperazine rings is 1. The van der Waals surface area contributed by atoms with Gasteiger partial charge in [0.25, 0.3) is 10.0 Å². The molecule has 1 saturated heterocycles. The van der Waals surface area contributed by atoms with Crippen molar-refractivity contribution in [3.8, 4) is 11.5 Å². The van der Waals surface area contributed by atoms with E-state index in [1.807, 2.05) is 13.0 Å². The van der Waals surface area contributed by atoms with E-state index in [1.165, 1.54) is 31.0 Å². The molecule has 0 radical (unpaired) electrons. The van der Waals surface area contributed by atoms with Gasteiger partial charge >= 0.3 is 0 Å². The van der Waals surface area contributed by atoms with Crippen LogP contribution < -0.4 is 18.7 Å². The maximum Gasteiger partial charge on any atom is 0.264 e. The highest BCUT2D eigenvalue weighted by Gasteiger charge is 2.32. The minimum atomic E-state index is -4.09. The van der Waals surface area contributed by atoms with Crippen LogP contribution in [0.2, 0.25) is 0 Å². The van der Waals surface area contributed by atoms with Crippen molar-refractivity contribution in [1.29, 1.82) is 0 Å². The molecule has 202 valence electrons. The molecule has 1 amide bonds. The number of methoxy groups -OCH3 is 2. The molecule has 0 aliphatic carbocycles. The third-order valence-electron chi connectivity index (χ3n) is 7.09. The van der Waals surface area contributed by atoms with Crippen LogP contribution in [0.5, 0.6) is 11.5 Å². The number of hydrogen-bond donors (Lipinski definition) is 0. The quantitative estimate of drug-likeness (QED) is 0.429. The first kappa shape index (κ1) is 27.3. The van der Waals surface area contributed by atoms with E-state index in [0.717, 1.165) is 9.87 Å². The van der Waals surface area contributed by atoms with Gasteiger partial charge in [-0.05, 0) is 62.2 Å². The molecule has 1 fully saturated rings. The summed E-state index contributed by atoms with van der Waals surface area (Å²) in [7, 11) is -1.11. The molecule has 1 heterocycles. The van der Waals surface area contributed by atoms with E-state index in [9.17, 15) is 13.2 Å². The molecular weight excluding hydrogens is 502 g/mol. The van der Waals surface area contributed by atoms with E-state index >= 15 is 0 Å². The Labute approximate surface area is 225 Å². The molecule has 3 aromatic carbocycles. The molecule has 0 unspecified atom stereocenters. The molecule has 0 N–H and O–H groups in total. The molecule has 0 aromatic heterocycles. The Bertz CT molecular complexity index is 1400. The summed E-state index contributed by atoms with van der Waals surface area (Å²) >= 11 is 0. The SMILES string of the molecule is COc1ccc(OC)c(N(CC(=O)N2CCN(c3cccc(C)c3C)CC2)S(=O)(=O)c2ccc(C)cc2)c1. The summed E-state index contributed by atoms with van der Waals surface area (Å²) in [6.07, 6.45) is 0. The van der Waals surface area contributed by atoms with Crippen LogP contribution in [0.3, 0.4) is 0 Å². The van der Waals surface area contributed by atoms with Crippen molar-refractivity contribution in [2.75, 3.05) is 56.1 Å². The van der Waals surface area contributed by atoms with Crippen molar-refractivity contribution < 1.29 is 22.7 Å². The number of carbonyl (C=O) groups excluding carboxylic acids is 1. The summed E-state index contributed by atoms with van der Waals surface area (Å²) in [5, 5.41) is 0. The lowest BCUT2D eigenvalue weighted by atomic mass is 10.1. The second kappa shape index (κ2) is 11.3. The Balaban J connectivity index is 1.62. The fourth-order valence-corrected chi connectivity index (χ4v) is 6.04. The van der Waals surface area contributed by atoms with Gasteiger partial charge in [0.05, 0.1) is 24.8 Å². The van der Waals surface area contributed by atoms with Crippen molar-refractivity contribution in [1.82, 2.24) is 4.90 Å². The number of aryl methyl sites for hydroxylation is 2. The van der Waals surface area contributed by atoms with Gasteiger partial charge in [0.1, 0.15) is 18.0 Å². The maximum atomic E-state index is 13.9. The van der Waals surface area contributed by atoms with Crippen molar-refractivity contribution in [3.63, 3.8) is 0 Å². The Morgan fingerprint density at radius 3 is 2.21 bits per heavy atom. The number of amides is 1. The maximum absolute atomic E-state index is 13.9. The highest BCUT2D eigenvalue weighted by Crippen LogP contribution is 2.36. The topological polar surface area (TPSA) is 79.4 Å². The lowest BCUT2D eigenvalue weighted by Crippen LogP contribution is -2.52. The number of hydrogen-bond acceptors (Lipinski definition) is 6. The van der Waals surface area contributed by atoms with Crippen LogP contribution in [0, 0.1) is 20.8 Å². The fraction of sp³-hybridized carbons (Fsp3) is 0.345. The largest absolute Gasteiger partial charge is 0.497 e.